The number of nitrogens with zero attached hydrogens (tertiary/aromatic N) is 2. The lowest BCUT2D eigenvalue weighted by atomic mass is 10.1. The van der Waals surface area contributed by atoms with Gasteiger partial charge >= 0.3 is 0 Å². The van der Waals surface area contributed by atoms with Gasteiger partial charge in [0.25, 0.3) is 0 Å². The number of hydrogen-bond acceptors (Lipinski definition) is 3. The van der Waals surface area contributed by atoms with Gasteiger partial charge in [-0.15, -0.1) is 11.6 Å². The fourth-order valence-electron chi connectivity index (χ4n) is 2.84. The molecule has 0 bridgehead atoms. The number of allylic oxidation sites excluding steroid dienone is 1. The SMILES string of the molecule is ClCC1=CSC2=NC(Cc3c[nH]c4ccccc34)CN12. The first-order valence-electron chi connectivity index (χ1n) is 6.67. The van der Waals surface area contributed by atoms with Crippen LogP contribution in [0.3, 0.4) is 0 Å². The largest absolute Gasteiger partial charge is 0.361 e. The van der Waals surface area contributed by atoms with Crippen LogP contribution in [0.4, 0.5) is 0 Å². The van der Waals surface area contributed by atoms with Crippen molar-refractivity contribution in [2.24, 2.45) is 4.99 Å². The van der Waals surface area contributed by atoms with E-state index in [1.54, 1.807) is 11.8 Å². The second kappa shape index (κ2) is 4.86. The number of hydrogen-bond donors (Lipinski definition) is 1. The van der Waals surface area contributed by atoms with E-state index in [1.165, 1.54) is 22.2 Å². The molecule has 3 heterocycles. The Morgan fingerprint density at radius 2 is 2.30 bits per heavy atom. The first-order chi connectivity index (χ1) is 9.85. The summed E-state index contributed by atoms with van der Waals surface area (Å²) in [6.07, 6.45) is 3.08. The molecule has 0 amide bonds. The number of aliphatic imine (C=N–C) groups is 1. The van der Waals surface area contributed by atoms with Crippen LogP contribution in [0.2, 0.25) is 0 Å². The zero-order valence-electron chi connectivity index (χ0n) is 10.8. The van der Waals surface area contributed by atoms with Crippen molar-refractivity contribution in [2.75, 3.05) is 12.4 Å². The number of fused-ring (bicyclic) bond motifs is 2. The van der Waals surface area contributed by atoms with E-state index in [0.29, 0.717) is 11.9 Å². The number of nitrogens with one attached hydrogen (secondary N) is 1. The predicted octanol–water partition coefficient (Wildman–Crippen LogP) is 3.58. The van der Waals surface area contributed by atoms with Gasteiger partial charge in [0.2, 0.25) is 0 Å². The van der Waals surface area contributed by atoms with Crippen LogP contribution in [0.25, 0.3) is 10.9 Å². The van der Waals surface area contributed by atoms with Gasteiger partial charge in [0.05, 0.1) is 11.9 Å². The van der Waals surface area contributed by atoms with E-state index >= 15 is 0 Å². The van der Waals surface area contributed by atoms with Gasteiger partial charge in [-0.25, -0.2) is 0 Å². The Balaban J connectivity index is 1.56. The Hall–Kier alpha value is -1.39. The summed E-state index contributed by atoms with van der Waals surface area (Å²) in [5, 5.41) is 4.51. The highest BCUT2D eigenvalue weighted by atomic mass is 35.5. The van der Waals surface area contributed by atoms with Gasteiger partial charge in [-0.3, -0.25) is 4.99 Å². The van der Waals surface area contributed by atoms with Crippen LogP contribution in [0.1, 0.15) is 5.56 Å². The quantitative estimate of drug-likeness (QED) is 0.879. The molecule has 1 N–H and O–H groups in total. The van der Waals surface area contributed by atoms with Gasteiger partial charge < -0.3 is 9.88 Å². The maximum absolute atomic E-state index is 5.96. The molecule has 2 aromatic rings. The second-order valence-corrected chi connectivity index (χ2v) is 6.20. The molecule has 20 heavy (non-hydrogen) atoms. The number of aromatic nitrogens is 1. The van der Waals surface area contributed by atoms with E-state index in [4.69, 9.17) is 16.6 Å². The summed E-state index contributed by atoms with van der Waals surface area (Å²) in [6, 6.07) is 8.75. The molecule has 1 aromatic carbocycles. The molecule has 2 aliphatic rings. The van der Waals surface area contributed by atoms with Gasteiger partial charge in [0, 0.05) is 29.3 Å². The topological polar surface area (TPSA) is 31.4 Å². The lowest BCUT2D eigenvalue weighted by Crippen LogP contribution is -2.25. The third-order valence-electron chi connectivity index (χ3n) is 3.83. The van der Waals surface area contributed by atoms with Gasteiger partial charge in [0.15, 0.2) is 5.17 Å². The highest BCUT2D eigenvalue weighted by molar-refractivity contribution is 8.16. The summed E-state index contributed by atoms with van der Waals surface area (Å²) < 4.78 is 0. The number of rotatable bonds is 3. The van der Waals surface area contributed by atoms with Crippen LogP contribution in [0.15, 0.2) is 46.6 Å². The summed E-state index contributed by atoms with van der Waals surface area (Å²) in [5.74, 6) is 0.561. The van der Waals surface area contributed by atoms with Crippen molar-refractivity contribution in [3.8, 4) is 0 Å². The minimum Gasteiger partial charge on any atom is -0.361 e. The molecule has 1 atom stereocenters. The number of para-hydroxylation sites is 1. The van der Waals surface area contributed by atoms with Gasteiger partial charge in [0.1, 0.15) is 0 Å². The van der Waals surface area contributed by atoms with Crippen molar-refractivity contribution in [3.63, 3.8) is 0 Å². The van der Waals surface area contributed by atoms with Crippen molar-refractivity contribution in [2.45, 2.75) is 12.5 Å². The molecule has 0 saturated carbocycles. The van der Waals surface area contributed by atoms with E-state index in [-0.39, 0.29) is 0 Å². The Bertz CT molecular complexity index is 719. The smallest absolute Gasteiger partial charge is 0.168 e. The summed E-state index contributed by atoms with van der Waals surface area (Å²) in [4.78, 5) is 10.4. The monoisotopic (exact) mass is 303 g/mol. The summed E-state index contributed by atoms with van der Waals surface area (Å²) in [6.45, 7) is 0.945. The maximum atomic E-state index is 5.96. The summed E-state index contributed by atoms with van der Waals surface area (Å²) >= 11 is 7.65. The third kappa shape index (κ3) is 1.95. The number of H-pyrrole nitrogens is 1. The highest BCUT2D eigenvalue weighted by Gasteiger charge is 2.31. The van der Waals surface area contributed by atoms with Crippen molar-refractivity contribution in [3.05, 3.63) is 47.1 Å². The fraction of sp³-hybridized carbons (Fsp3) is 0.267. The lowest BCUT2D eigenvalue weighted by Gasteiger charge is -2.16. The number of thioether (sulfide) groups is 1. The highest BCUT2D eigenvalue weighted by Crippen LogP contribution is 2.33. The standard InChI is InChI=1S/C15H14ClN3S/c16-6-12-9-20-15-18-11(8-19(12)15)5-10-7-17-14-4-2-1-3-13(10)14/h1-4,7,9,11,17H,5-6,8H2. The zero-order chi connectivity index (χ0) is 13.5. The molecule has 0 spiro atoms. The number of benzene rings is 1. The Kier molecular flexibility index (Phi) is 3.00. The number of halogens is 1. The molecule has 102 valence electrons. The Labute approximate surface area is 126 Å². The van der Waals surface area contributed by atoms with Crippen LogP contribution in [0.5, 0.6) is 0 Å². The van der Waals surface area contributed by atoms with Gasteiger partial charge in [-0.1, -0.05) is 30.0 Å². The number of amidine groups is 1. The lowest BCUT2D eigenvalue weighted by molar-refractivity contribution is 0.512. The van der Waals surface area contributed by atoms with E-state index in [9.17, 15) is 0 Å². The van der Waals surface area contributed by atoms with Crippen molar-refractivity contribution in [1.82, 2.24) is 9.88 Å². The Morgan fingerprint density at radius 3 is 3.20 bits per heavy atom. The molecular weight excluding hydrogens is 290 g/mol. The molecule has 4 rings (SSSR count). The molecule has 3 nitrogen and oxygen atoms in total. The van der Waals surface area contributed by atoms with Crippen molar-refractivity contribution in [1.29, 1.82) is 0 Å². The first-order valence-corrected chi connectivity index (χ1v) is 8.08. The molecule has 1 unspecified atom stereocenters. The van der Waals surface area contributed by atoms with Crippen molar-refractivity contribution < 1.29 is 0 Å². The first kappa shape index (κ1) is 12.4. The fourth-order valence-corrected chi connectivity index (χ4v) is 4.14. The van der Waals surface area contributed by atoms with E-state index in [1.807, 2.05) is 0 Å². The Morgan fingerprint density at radius 1 is 1.40 bits per heavy atom. The number of aromatic amines is 1. The van der Waals surface area contributed by atoms with Crippen LogP contribution in [-0.4, -0.2) is 33.5 Å². The molecule has 0 aliphatic carbocycles. The molecule has 0 fully saturated rings. The molecule has 1 aromatic heterocycles. The maximum Gasteiger partial charge on any atom is 0.168 e. The third-order valence-corrected chi connectivity index (χ3v) is 5.03. The molecular formula is C15H14ClN3S. The average molecular weight is 304 g/mol. The minimum atomic E-state index is 0.323. The molecule has 0 saturated heterocycles. The van der Waals surface area contributed by atoms with Gasteiger partial charge in [-0.2, -0.15) is 0 Å². The van der Waals surface area contributed by atoms with E-state index in [0.717, 1.165) is 18.1 Å². The van der Waals surface area contributed by atoms with Gasteiger partial charge in [-0.05, 0) is 23.5 Å². The van der Waals surface area contributed by atoms with E-state index in [2.05, 4.69) is 45.8 Å². The van der Waals surface area contributed by atoms with Crippen LogP contribution in [0, 0.1) is 0 Å². The normalized spacial score (nSPS) is 21.2. The summed E-state index contributed by atoms with van der Waals surface area (Å²) in [7, 11) is 0. The van der Waals surface area contributed by atoms with Crippen LogP contribution < -0.4 is 0 Å². The zero-order valence-corrected chi connectivity index (χ0v) is 12.4. The molecule has 2 aliphatic heterocycles. The average Bonchev–Trinajstić information content (AvgIpc) is 3.14. The van der Waals surface area contributed by atoms with Crippen LogP contribution >= 0.6 is 23.4 Å². The minimum absolute atomic E-state index is 0.323. The number of alkyl halides is 1. The molecule has 0 radical (unpaired) electrons. The van der Waals surface area contributed by atoms with Crippen molar-refractivity contribution >= 4 is 39.4 Å². The molecule has 5 heteroatoms. The summed E-state index contributed by atoms with van der Waals surface area (Å²) in [5.41, 5.74) is 3.72. The second-order valence-electron chi connectivity index (χ2n) is 5.10. The van der Waals surface area contributed by atoms with Crippen LogP contribution in [-0.2, 0) is 6.42 Å². The predicted molar refractivity (Wildman–Crippen MR) is 86.3 cm³/mol. The van der Waals surface area contributed by atoms with E-state index < -0.39 is 0 Å².